The van der Waals surface area contributed by atoms with Crippen LogP contribution in [0.25, 0.3) is 0 Å². The molecule has 0 radical (unpaired) electrons. The average molecular weight is 251 g/mol. The lowest BCUT2D eigenvalue weighted by Gasteiger charge is -2.05. The number of aryl methyl sites for hydroxylation is 1. The van der Waals surface area contributed by atoms with Gasteiger partial charge in [-0.2, -0.15) is 0 Å². The zero-order valence-corrected chi connectivity index (χ0v) is 10.3. The fourth-order valence-corrected chi connectivity index (χ4v) is 2.35. The van der Waals surface area contributed by atoms with Crippen LogP contribution in [0.4, 0.5) is 0 Å². The van der Waals surface area contributed by atoms with Gasteiger partial charge in [-0.1, -0.05) is 6.92 Å². The number of aromatic nitrogens is 2. The summed E-state index contributed by atoms with van der Waals surface area (Å²) in [6.45, 7) is 2.32. The molecule has 0 unspecified atom stereocenters. The molecule has 86 valence electrons. The lowest BCUT2D eigenvalue weighted by molar-refractivity contribution is 0.585. The van der Waals surface area contributed by atoms with E-state index in [4.69, 9.17) is 11.6 Å². The fourth-order valence-electron chi connectivity index (χ4n) is 1.27. The minimum absolute atomic E-state index is 0.208. The molecule has 1 rings (SSSR count). The predicted molar refractivity (Wildman–Crippen MR) is 60.7 cm³/mol. The molecule has 0 aliphatic rings. The minimum atomic E-state index is -2.86. The quantitative estimate of drug-likeness (QED) is 0.718. The first kappa shape index (κ1) is 12.5. The third-order valence-corrected chi connectivity index (χ3v) is 4.24. The lowest BCUT2D eigenvalue weighted by Crippen LogP contribution is -2.11. The molecule has 0 fully saturated rings. The average Bonchev–Trinajstić information content (AvgIpc) is 2.65. The van der Waals surface area contributed by atoms with E-state index in [1.807, 2.05) is 10.8 Å². The molecule has 6 heteroatoms. The van der Waals surface area contributed by atoms with Crippen LogP contribution in [-0.4, -0.2) is 29.5 Å². The van der Waals surface area contributed by atoms with Crippen molar-refractivity contribution in [3.63, 3.8) is 0 Å². The first-order chi connectivity index (χ1) is 7.09. The van der Waals surface area contributed by atoms with Gasteiger partial charge in [-0.05, 0) is 6.42 Å². The highest BCUT2D eigenvalue weighted by atomic mass is 35.5. The van der Waals surface area contributed by atoms with Gasteiger partial charge in [0.25, 0.3) is 0 Å². The molecule has 0 N–H and O–H groups in total. The highest BCUT2D eigenvalue weighted by Gasteiger charge is 2.07. The molecule has 1 aromatic rings. The predicted octanol–water partition coefficient (Wildman–Crippen LogP) is 1.45. The van der Waals surface area contributed by atoms with E-state index in [-0.39, 0.29) is 11.5 Å². The van der Waals surface area contributed by atoms with E-state index in [2.05, 4.69) is 4.98 Å². The van der Waals surface area contributed by atoms with Crippen LogP contribution in [0.2, 0.25) is 0 Å². The standard InChI is InChI=1S/C9H15ClN2O2S/c1-2-15(13,14)7-3-5-12-6-4-11-9(12)8-10/h4,6H,2-3,5,7-8H2,1H3. The number of alkyl halides is 1. The van der Waals surface area contributed by atoms with E-state index in [9.17, 15) is 8.42 Å². The molecular weight excluding hydrogens is 236 g/mol. The van der Waals surface area contributed by atoms with E-state index in [0.29, 0.717) is 18.8 Å². The Morgan fingerprint density at radius 1 is 1.53 bits per heavy atom. The molecule has 0 aliphatic carbocycles. The Labute approximate surface area is 95.2 Å². The van der Waals surface area contributed by atoms with Crippen LogP contribution in [0, 0.1) is 0 Å². The van der Waals surface area contributed by atoms with Gasteiger partial charge >= 0.3 is 0 Å². The van der Waals surface area contributed by atoms with Crippen molar-refractivity contribution in [3.8, 4) is 0 Å². The van der Waals surface area contributed by atoms with Crippen molar-refractivity contribution in [1.29, 1.82) is 0 Å². The van der Waals surface area contributed by atoms with E-state index in [1.54, 1.807) is 13.1 Å². The summed E-state index contributed by atoms with van der Waals surface area (Å²) in [4.78, 5) is 4.05. The molecule has 0 aromatic carbocycles. The SMILES string of the molecule is CCS(=O)(=O)CCCn1ccnc1CCl. The Morgan fingerprint density at radius 3 is 2.87 bits per heavy atom. The molecule has 4 nitrogen and oxygen atoms in total. The highest BCUT2D eigenvalue weighted by Crippen LogP contribution is 2.04. The maximum absolute atomic E-state index is 11.2. The van der Waals surface area contributed by atoms with Crippen LogP contribution in [0.5, 0.6) is 0 Å². The van der Waals surface area contributed by atoms with Gasteiger partial charge in [0.05, 0.1) is 11.6 Å². The molecule has 0 saturated heterocycles. The summed E-state index contributed by atoms with van der Waals surface area (Å²) in [7, 11) is -2.86. The number of imidazole rings is 1. The number of rotatable bonds is 6. The van der Waals surface area contributed by atoms with E-state index in [0.717, 1.165) is 5.82 Å². The maximum atomic E-state index is 11.2. The molecule has 0 aliphatic heterocycles. The molecule has 0 atom stereocenters. The number of nitrogens with zero attached hydrogens (tertiary/aromatic N) is 2. The van der Waals surface area contributed by atoms with Gasteiger partial charge in [-0.15, -0.1) is 11.6 Å². The van der Waals surface area contributed by atoms with Crippen molar-refractivity contribution in [1.82, 2.24) is 9.55 Å². The molecule has 0 spiro atoms. The largest absolute Gasteiger partial charge is 0.334 e. The van der Waals surface area contributed by atoms with Crippen molar-refractivity contribution in [2.24, 2.45) is 0 Å². The Balaban J connectivity index is 2.45. The third kappa shape index (κ3) is 3.83. The summed E-state index contributed by atoms with van der Waals surface area (Å²) in [5.74, 6) is 1.57. The summed E-state index contributed by atoms with van der Waals surface area (Å²) in [5.41, 5.74) is 0. The lowest BCUT2D eigenvalue weighted by atomic mass is 10.4. The summed E-state index contributed by atoms with van der Waals surface area (Å²) in [6, 6.07) is 0. The van der Waals surface area contributed by atoms with Crippen molar-refractivity contribution < 1.29 is 8.42 Å². The van der Waals surface area contributed by atoms with Gasteiger partial charge in [0, 0.05) is 24.7 Å². The number of halogens is 1. The van der Waals surface area contributed by atoms with E-state index < -0.39 is 9.84 Å². The van der Waals surface area contributed by atoms with Gasteiger partial charge in [0.1, 0.15) is 15.7 Å². The van der Waals surface area contributed by atoms with Crippen molar-refractivity contribution in [2.75, 3.05) is 11.5 Å². The van der Waals surface area contributed by atoms with Crippen LogP contribution in [0.1, 0.15) is 19.2 Å². The Kier molecular flexibility index (Phi) is 4.60. The number of hydrogen-bond acceptors (Lipinski definition) is 3. The monoisotopic (exact) mass is 250 g/mol. The Morgan fingerprint density at radius 2 is 2.27 bits per heavy atom. The Bertz CT molecular complexity index is 400. The molecule has 1 aromatic heterocycles. The number of sulfone groups is 1. The van der Waals surface area contributed by atoms with Gasteiger partial charge < -0.3 is 4.57 Å². The summed E-state index contributed by atoms with van der Waals surface area (Å²) >= 11 is 5.67. The van der Waals surface area contributed by atoms with Gasteiger partial charge in [-0.3, -0.25) is 0 Å². The molecule has 0 bridgehead atoms. The van der Waals surface area contributed by atoms with Gasteiger partial charge in [0.15, 0.2) is 0 Å². The van der Waals surface area contributed by atoms with Crippen molar-refractivity contribution >= 4 is 21.4 Å². The van der Waals surface area contributed by atoms with Crippen LogP contribution in [0.15, 0.2) is 12.4 Å². The fraction of sp³-hybridized carbons (Fsp3) is 0.667. The van der Waals surface area contributed by atoms with Crippen molar-refractivity contribution in [2.45, 2.75) is 25.8 Å². The molecule has 15 heavy (non-hydrogen) atoms. The van der Waals surface area contributed by atoms with Crippen LogP contribution in [-0.2, 0) is 22.3 Å². The van der Waals surface area contributed by atoms with Gasteiger partial charge in [-0.25, -0.2) is 13.4 Å². The van der Waals surface area contributed by atoms with Crippen LogP contribution < -0.4 is 0 Å². The first-order valence-electron chi connectivity index (χ1n) is 4.85. The van der Waals surface area contributed by atoms with Crippen LogP contribution >= 0.6 is 11.6 Å². The second kappa shape index (κ2) is 5.51. The van der Waals surface area contributed by atoms with E-state index >= 15 is 0 Å². The molecular formula is C9H15ClN2O2S. The maximum Gasteiger partial charge on any atom is 0.150 e. The van der Waals surface area contributed by atoms with E-state index in [1.165, 1.54) is 0 Å². The zero-order valence-electron chi connectivity index (χ0n) is 8.69. The van der Waals surface area contributed by atoms with Crippen LogP contribution in [0.3, 0.4) is 0 Å². The summed E-state index contributed by atoms with van der Waals surface area (Å²) < 4.78 is 24.3. The smallest absolute Gasteiger partial charge is 0.150 e. The first-order valence-corrected chi connectivity index (χ1v) is 7.21. The highest BCUT2D eigenvalue weighted by molar-refractivity contribution is 7.91. The molecule has 0 saturated carbocycles. The third-order valence-electron chi connectivity index (χ3n) is 2.22. The minimum Gasteiger partial charge on any atom is -0.334 e. The normalized spacial score (nSPS) is 11.9. The molecule has 1 heterocycles. The van der Waals surface area contributed by atoms with Crippen molar-refractivity contribution in [3.05, 3.63) is 18.2 Å². The Hall–Kier alpha value is -0.550. The summed E-state index contributed by atoms with van der Waals surface area (Å²) in [5, 5.41) is 0. The zero-order chi connectivity index (χ0) is 11.3. The topological polar surface area (TPSA) is 52.0 Å². The summed E-state index contributed by atoms with van der Waals surface area (Å²) in [6.07, 6.45) is 4.10. The second-order valence-corrected chi connectivity index (χ2v) is 6.00. The number of hydrogen-bond donors (Lipinski definition) is 0. The van der Waals surface area contributed by atoms with Gasteiger partial charge in [0.2, 0.25) is 0 Å². The second-order valence-electron chi connectivity index (χ2n) is 3.26. The molecule has 0 amide bonds.